The van der Waals surface area contributed by atoms with Crippen LogP contribution in [-0.2, 0) is 16.0 Å². The summed E-state index contributed by atoms with van der Waals surface area (Å²) in [5.74, 6) is -0.885. The number of carbonyl (C=O) groups excluding carboxylic acids is 2. The fourth-order valence-electron chi connectivity index (χ4n) is 1.97. The Morgan fingerprint density at radius 3 is 2.64 bits per heavy atom. The molecular weight excluding hydrogens is 346 g/mol. The maximum Gasteiger partial charge on any atom is 0.338 e. The molecule has 2 aromatic rings. The van der Waals surface area contributed by atoms with E-state index in [2.05, 4.69) is 21.2 Å². The van der Waals surface area contributed by atoms with Gasteiger partial charge < -0.3 is 10.1 Å². The van der Waals surface area contributed by atoms with Crippen LogP contribution in [-0.4, -0.2) is 18.5 Å². The molecule has 0 aromatic heterocycles. The maximum atomic E-state index is 11.9. The molecule has 114 valence electrons. The van der Waals surface area contributed by atoms with E-state index >= 15 is 0 Å². The second-order valence-electron chi connectivity index (χ2n) is 4.65. The monoisotopic (exact) mass is 361 g/mol. The minimum atomic E-state index is -0.528. The molecule has 0 saturated heterocycles. The Labute approximate surface area is 137 Å². The minimum Gasteiger partial charge on any atom is -0.452 e. The van der Waals surface area contributed by atoms with Crippen LogP contribution in [0.15, 0.2) is 53.0 Å². The van der Waals surface area contributed by atoms with Crippen LogP contribution < -0.4 is 5.32 Å². The Kier molecular flexibility index (Phi) is 5.72. The normalized spacial score (nSPS) is 10.1. The van der Waals surface area contributed by atoms with Crippen molar-refractivity contribution in [1.82, 2.24) is 0 Å². The Bertz CT molecular complexity index is 685. The Morgan fingerprint density at radius 1 is 1.14 bits per heavy atom. The molecular formula is C17H16BrNO3. The van der Waals surface area contributed by atoms with Gasteiger partial charge >= 0.3 is 5.97 Å². The number of para-hydroxylation sites is 1. The molecule has 0 radical (unpaired) electrons. The van der Waals surface area contributed by atoms with E-state index in [0.717, 1.165) is 22.1 Å². The summed E-state index contributed by atoms with van der Waals surface area (Å²) in [5.41, 5.74) is 2.18. The lowest BCUT2D eigenvalue weighted by Crippen LogP contribution is -2.21. The van der Waals surface area contributed by atoms with Crippen LogP contribution in [0.4, 0.5) is 5.69 Å². The highest BCUT2D eigenvalue weighted by atomic mass is 79.9. The summed E-state index contributed by atoms with van der Waals surface area (Å²) in [6.07, 6.45) is 0.814. The van der Waals surface area contributed by atoms with Crippen LogP contribution in [0.1, 0.15) is 22.8 Å². The number of esters is 1. The second-order valence-corrected chi connectivity index (χ2v) is 5.56. The first kappa shape index (κ1) is 16.2. The molecule has 0 spiro atoms. The molecule has 0 heterocycles. The lowest BCUT2D eigenvalue weighted by Gasteiger charge is -2.10. The van der Waals surface area contributed by atoms with Gasteiger partial charge in [0.1, 0.15) is 0 Å². The zero-order valence-electron chi connectivity index (χ0n) is 12.1. The number of aryl methyl sites for hydroxylation is 1. The number of anilines is 1. The zero-order valence-corrected chi connectivity index (χ0v) is 13.7. The number of ether oxygens (including phenoxy) is 1. The summed E-state index contributed by atoms with van der Waals surface area (Å²) in [5, 5.41) is 2.75. The van der Waals surface area contributed by atoms with E-state index in [4.69, 9.17) is 4.74 Å². The number of amides is 1. The number of nitrogens with one attached hydrogen (secondary N) is 1. The summed E-state index contributed by atoms with van der Waals surface area (Å²) < 4.78 is 5.80. The molecule has 0 aliphatic rings. The van der Waals surface area contributed by atoms with Crippen molar-refractivity contribution < 1.29 is 14.3 Å². The highest BCUT2D eigenvalue weighted by Crippen LogP contribution is 2.15. The number of hydrogen-bond acceptors (Lipinski definition) is 3. The molecule has 0 unspecified atom stereocenters. The second kappa shape index (κ2) is 7.75. The minimum absolute atomic E-state index is 0.316. The van der Waals surface area contributed by atoms with Crippen molar-refractivity contribution in [2.75, 3.05) is 11.9 Å². The van der Waals surface area contributed by atoms with Gasteiger partial charge in [0.25, 0.3) is 5.91 Å². The molecule has 5 heteroatoms. The van der Waals surface area contributed by atoms with E-state index in [-0.39, 0.29) is 12.5 Å². The average Bonchev–Trinajstić information content (AvgIpc) is 2.53. The summed E-state index contributed by atoms with van der Waals surface area (Å²) in [7, 11) is 0. The van der Waals surface area contributed by atoms with Gasteiger partial charge in [0, 0.05) is 10.2 Å². The average molecular weight is 362 g/mol. The lowest BCUT2D eigenvalue weighted by atomic mass is 10.1. The van der Waals surface area contributed by atoms with Gasteiger partial charge in [0.2, 0.25) is 0 Å². The van der Waals surface area contributed by atoms with Crippen molar-refractivity contribution in [3.05, 3.63) is 64.1 Å². The van der Waals surface area contributed by atoms with E-state index in [9.17, 15) is 9.59 Å². The maximum absolute atomic E-state index is 11.9. The molecule has 0 bridgehead atoms. The van der Waals surface area contributed by atoms with E-state index in [1.54, 1.807) is 18.2 Å². The van der Waals surface area contributed by atoms with Crippen molar-refractivity contribution in [3.63, 3.8) is 0 Å². The van der Waals surface area contributed by atoms with Crippen molar-refractivity contribution in [3.8, 4) is 0 Å². The van der Waals surface area contributed by atoms with Crippen molar-refractivity contribution in [2.45, 2.75) is 13.3 Å². The molecule has 0 saturated carbocycles. The summed E-state index contributed by atoms with van der Waals surface area (Å²) in [6, 6.07) is 14.4. The third kappa shape index (κ3) is 4.43. The molecule has 0 fully saturated rings. The molecule has 0 aliphatic carbocycles. The lowest BCUT2D eigenvalue weighted by molar-refractivity contribution is -0.119. The van der Waals surface area contributed by atoms with Crippen molar-refractivity contribution >= 4 is 33.5 Å². The number of hydrogen-bond donors (Lipinski definition) is 1. The van der Waals surface area contributed by atoms with E-state index in [1.165, 1.54) is 0 Å². The Hall–Kier alpha value is -2.14. The van der Waals surface area contributed by atoms with Gasteiger partial charge in [-0.15, -0.1) is 0 Å². The van der Waals surface area contributed by atoms with Gasteiger partial charge in [-0.1, -0.05) is 47.1 Å². The number of halogens is 1. The topological polar surface area (TPSA) is 55.4 Å². The summed E-state index contributed by atoms with van der Waals surface area (Å²) >= 11 is 3.28. The first-order chi connectivity index (χ1) is 10.6. The van der Waals surface area contributed by atoms with Crippen molar-refractivity contribution in [1.29, 1.82) is 0 Å². The Balaban J connectivity index is 1.91. The third-order valence-corrected chi connectivity index (χ3v) is 3.56. The molecule has 2 aromatic carbocycles. The fourth-order valence-corrected chi connectivity index (χ4v) is 2.37. The summed E-state index contributed by atoms with van der Waals surface area (Å²) in [6.45, 7) is 1.70. The van der Waals surface area contributed by atoms with Gasteiger partial charge in [0.05, 0.1) is 5.56 Å². The van der Waals surface area contributed by atoms with Crippen LogP contribution in [0.5, 0.6) is 0 Å². The van der Waals surface area contributed by atoms with Gasteiger partial charge in [-0.2, -0.15) is 0 Å². The molecule has 1 N–H and O–H groups in total. The zero-order chi connectivity index (χ0) is 15.9. The first-order valence-electron chi connectivity index (χ1n) is 6.90. The van der Waals surface area contributed by atoms with Gasteiger partial charge in [-0.05, 0) is 36.2 Å². The standard InChI is InChI=1S/C17H16BrNO3/c1-2-12-6-3-4-9-15(12)19-16(20)11-22-17(21)13-7-5-8-14(18)10-13/h3-10H,2,11H2,1H3,(H,19,20). The predicted octanol–water partition coefficient (Wildman–Crippen LogP) is 3.81. The SMILES string of the molecule is CCc1ccccc1NC(=O)COC(=O)c1cccc(Br)c1. The first-order valence-corrected chi connectivity index (χ1v) is 7.70. The molecule has 1 amide bonds. The number of carbonyl (C=O) groups is 2. The molecule has 2 rings (SSSR count). The van der Waals surface area contributed by atoms with E-state index < -0.39 is 5.97 Å². The van der Waals surface area contributed by atoms with Gasteiger partial charge in [0.15, 0.2) is 6.61 Å². The van der Waals surface area contributed by atoms with Gasteiger partial charge in [-0.3, -0.25) is 4.79 Å². The van der Waals surface area contributed by atoms with Crippen LogP contribution in [0.2, 0.25) is 0 Å². The largest absolute Gasteiger partial charge is 0.452 e. The Morgan fingerprint density at radius 2 is 1.91 bits per heavy atom. The molecule has 22 heavy (non-hydrogen) atoms. The fraction of sp³-hybridized carbons (Fsp3) is 0.176. The van der Waals surface area contributed by atoms with Crippen molar-refractivity contribution in [2.24, 2.45) is 0 Å². The number of benzene rings is 2. The third-order valence-electron chi connectivity index (χ3n) is 3.07. The van der Waals surface area contributed by atoms with Crippen LogP contribution in [0.25, 0.3) is 0 Å². The van der Waals surface area contributed by atoms with Crippen LogP contribution >= 0.6 is 15.9 Å². The molecule has 4 nitrogen and oxygen atoms in total. The van der Waals surface area contributed by atoms with E-state index in [1.807, 2.05) is 37.3 Å². The van der Waals surface area contributed by atoms with Crippen LogP contribution in [0, 0.1) is 0 Å². The quantitative estimate of drug-likeness (QED) is 0.823. The highest BCUT2D eigenvalue weighted by molar-refractivity contribution is 9.10. The van der Waals surface area contributed by atoms with Gasteiger partial charge in [-0.25, -0.2) is 4.79 Å². The predicted molar refractivity (Wildman–Crippen MR) is 88.9 cm³/mol. The van der Waals surface area contributed by atoms with Crippen LogP contribution in [0.3, 0.4) is 0 Å². The molecule has 0 aliphatic heterocycles. The molecule has 0 atom stereocenters. The summed E-state index contributed by atoms with van der Waals surface area (Å²) in [4.78, 5) is 23.7. The highest BCUT2D eigenvalue weighted by Gasteiger charge is 2.11. The van der Waals surface area contributed by atoms with E-state index in [0.29, 0.717) is 5.56 Å². The smallest absolute Gasteiger partial charge is 0.338 e. The number of rotatable bonds is 5.